The van der Waals surface area contributed by atoms with E-state index in [9.17, 15) is 14.4 Å². The second kappa shape index (κ2) is 8.86. The Hall–Kier alpha value is -3.88. The molecule has 1 amide bonds. The van der Waals surface area contributed by atoms with Crippen molar-refractivity contribution in [1.29, 1.82) is 5.26 Å². The number of benzene rings is 3. The van der Waals surface area contributed by atoms with Gasteiger partial charge in [-0.05, 0) is 65.7 Å². The van der Waals surface area contributed by atoms with Gasteiger partial charge in [-0.25, -0.2) is 4.39 Å². The highest BCUT2D eigenvalue weighted by Gasteiger charge is 2.11. The van der Waals surface area contributed by atoms with Crippen LogP contribution in [0.15, 0.2) is 84.6 Å². The van der Waals surface area contributed by atoms with Crippen LogP contribution in [0.1, 0.15) is 11.1 Å². The smallest absolute Gasteiger partial charge is 0.266 e. The third-order valence-corrected chi connectivity index (χ3v) is 5.03. The fourth-order valence-electron chi connectivity index (χ4n) is 3.36. The van der Waals surface area contributed by atoms with E-state index in [0.717, 1.165) is 22.0 Å². The van der Waals surface area contributed by atoms with Crippen molar-refractivity contribution < 1.29 is 9.18 Å². The van der Waals surface area contributed by atoms with E-state index in [0.29, 0.717) is 17.3 Å². The first-order valence-electron chi connectivity index (χ1n) is 9.54. The standard InChI is InChI=1S/C25H17ClFN3O/c26-21-4-2-6-23(14-21)29-25(31)20(15-28)12-17-7-8-24-19(11-17)9-10-30(24)16-18-3-1-5-22(27)13-18/h1-14H,16H2,(H,29,31)/b20-12+. The molecular formula is C25H17ClFN3O. The molecule has 0 saturated carbocycles. The number of amides is 1. The van der Waals surface area contributed by atoms with E-state index in [-0.39, 0.29) is 11.4 Å². The second-order valence-corrected chi connectivity index (χ2v) is 7.46. The van der Waals surface area contributed by atoms with E-state index >= 15 is 0 Å². The molecule has 4 aromatic rings. The molecule has 0 aliphatic rings. The van der Waals surface area contributed by atoms with Crippen molar-refractivity contribution in [3.05, 3.63) is 107 Å². The Bertz CT molecular complexity index is 1350. The molecule has 0 aliphatic heterocycles. The number of carbonyl (C=O) groups excluding carboxylic acids is 1. The molecule has 31 heavy (non-hydrogen) atoms. The van der Waals surface area contributed by atoms with Crippen LogP contribution < -0.4 is 5.32 Å². The van der Waals surface area contributed by atoms with Crippen molar-refractivity contribution in [3.63, 3.8) is 0 Å². The molecule has 1 aromatic heterocycles. The molecule has 0 fully saturated rings. The van der Waals surface area contributed by atoms with Crippen LogP contribution in [0.3, 0.4) is 0 Å². The summed E-state index contributed by atoms with van der Waals surface area (Å²) in [5, 5.41) is 13.6. The van der Waals surface area contributed by atoms with Gasteiger partial charge >= 0.3 is 0 Å². The Morgan fingerprint density at radius 1 is 1.10 bits per heavy atom. The molecule has 3 aromatic carbocycles. The highest BCUT2D eigenvalue weighted by Crippen LogP contribution is 2.21. The molecule has 0 unspecified atom stereocenters. The van der Waals surface area contributed by atoms with Crippen LogP contribution in [0, 0.1) is 17.1 Å². The first kappa shape index (κ1) is 20.4. The number of nitrogens with one attached hydrogen (secondary N) is 1. The zero-order chi connectivity index (χ0) is 21.8. The molecule has 0 bridgehead atoms. The SMILES string of the molecule is N#C/C(=C\c1ccc2c(ccn2Cc2cccc(F)c2)c1)C(=O)Nc1cccc(Cl)c1. The number of aromatic nitrogens is 1. The van der Waals surface area contributed by atoms with Gasteiger partial charge in [0.1, 0.15) is 17.5 Å². The summed E-state index contributed by atoms with van der Waals surface area (Å²) >= 11 is 5.94. The normalized spacial score (nSPS) is 11.3. The number of hydrogen-bond donors (Lipinski definition) is 1. The minimum absolute atomic E-state index is 0.0153. The Balaban J connectivity index is 1.56. The van der Waals surface area contributed by atoms with Gasteiger partial charge in [-0.3, -0.25) is 4.79 Å². The first-order valence-corrected chi connectivity index (χ1v) is 9.92. The number of carbonyl (C=O) groups is 1. The Kier molecular flexibility index (Phi) is 5.83. The number of nitrogens with zero attached hydrogens (tertiary/aromatic N) is 2. The Labute approximate surface area is 183 Å². The zero-order valence-corrected chi connectivity index (χ0v) is 17.1. The summed E-state index contributed by atoms with van der Waals surface area (Å²) in [5.74, 6) is -0.769. The van der Waals surface area contributed by atoms with E-state index < -0.39 is 5.91 Å². The summed E-state index contributed by atoms with van der Waals surface area (Å²) in [4.78, 5) is 12.5. The maximum Gasteiger partial charge on any atom is 0.266 e. The van der Waals surface area contributed by atoms with E-state index in [1.165, 1.54) is 12.1 Å². The lowest BCUT2D eigenvalue weighted by molar-refractivity contribution is -0.112. The lowest BCUT2D eigenvalue weighted by Gasteiger charge is -2.07. The highest BCUT2D eigenvalue weighted by atomic mass is 35.5. The molecule has 0 atom stereocenters. The fourth-order valence-corrected chi connectivity index (χ4v) is 3.55. The summed E-state index contributed by atoms with van der Waals surface area (Å²) in [6, 6.07) is 22.8. The average molecular weight is 430 g/mol. The topological polar surface area (TPSA) is 57.8 Å². The Morgan fingerprint density at radius 2 is 1.94 bits per heavy atom. The van der Waals surface area contributed by atoms with E-state index in [1.807, 2.05) is 47.2 Å². The molecule has 0 spiro atoms. The van der Waals surface area contributed by atoms with Gasteiger partial charge in [-0.15, -0.1) is 0 Å². The maximum atomic E-state index is 13.5. The van der Waals surface area contributed by atoms with Crippen LogP contribution in [0.5, 0.6) is 0 Å². The number of fused-ring (bicyclic) bond motifs is 1. The number of hydrogen-bond acceptors (Lipinski definition) is 2. The molecule has 0 saturated heterocycles. The van der Waals surface area contributed by atoms with Gasteiger partial charge in [0.15, 0.2) is 0 Å². The monoisotopic (exact) mass is 429 g/mol. The van der Waals surface area contributed by atoms with Gasteiger partial charge < -0.3 is 9.88 Å². The molecular weight excluding hydrogens is 413 g/mol. The molecule has 4 nitrogen and oxygen atoms in total. The minimum Gasteiger partial charge on any atom is -0.343 e. The summed E-state index contributed by atoms with van der Waals surface area (Å²) in [5.41, 5.74) is 3.07. The van der Waals surface area contributed by atoms with Crippen molar-refractivity contribution >= 4 is 40.2 Å². The summed E-state index contributed by atoms with van der Waals surface area (Å²) < 4.78 is 15.5. The molecule has 6 heteroatoms. The molecule has 4 rings (SSSR count). The van der Waals surface area contributed by atoms with Gasteiger partial charge in [0.25, 0.3) is 5.91 Å². The summed E-state index contributed by atoms with van der Waals surface area (Å²) in [7, 11) is 0. The summed E-state index contributed by atoms with van der Waals surface area (Å²) in [6.07, 6.45) is 3.48. The van der Waals surface area contributed by atoms with Crippen LogP contribution in [0.2, 0.25) is 5.02 Å². The van der Waals surface area contributed by atoms with Crippen LogP contribution in [-0.4, -0.2) is 10.5 Å². The van der Waals surface area contributed by atoms with Crippen molar-refractivity contribution in [2.45, 2.75) is 6.54 Å². The third kappa shape index (κ3) is 4.82. The summed E-state index contributed by atoms with van der Waals surface area (Å²) in [6.45, 7) is 0.544. The van der Waals surface area contributed by atoms with Gasteiger partial charge in [0.2, 0.25) is 0 Å². The van der Waals surface area contributed by atoms with Gasteiger partial charge in [-0.2, -0.15) is 5.26 Å². The fraction of sp³-hybridized carbons (Fsp3) is 0.0400. The van der Waals surface area contributed by atoms with Crippen LogP contribution >= 0.6 is 11.6 Å². The van der Waals surface area contributed by atoms with Gasteiger partial charge in [0.05, 0.1) is 0 Å². The maximum absolute atomic E-state index is 13.5. The van der Waals surface area contributed by atoms with Crippen LogP contribution in [0.25, 0.3) is 17.0 Å². The molecule has 1 N–H and O–H groups in total. The van der Waals surface area contributed by atoms with Crippen molar-refractivity contribution in [1.82, 2.24) is 4.57 Å². The Morgan fingerprint density at radius 3 is 2.71 bits per heavy atom. The highest BCUT2D eigenvalue weighted by molar-refractivity contribution is 6.31. The predicted octanol–water partition coefficient (Wildman–Crippen LogP) is 6.03. The first-order chi connectivity index (χ1) is 15.0. The molecule has 152 valence electrons. The quantitative estimate of drug-likeness (QED) is 0.311. The van der Waals surface area contributed by atoms with Crippen molar-refractivity contribution in [3.8, 4) is 6.07 Å². The van der Waals surface area contributed by atoms with Gasteiger partial charge in [-0.1, -0.05) is 35.9 Å². The molecule has 0 aliphatic carbocycles. The largest absolute Gasteiger partial charge is 0.343 e. The van der Waals surface area contributed by atoms with E-state index in [2.05, 4.69) is 5.32 Å². The average Bonchev–Trinajstić information content (AvgIpc) is 3.14. The predicted molar refractivity (Wildman–Crippen MR) is 121 cm³/mol. The van der Waals surface area contributed by atoms with E-state index in [1.54, 1.807) is 36.4 Å². The van der Waals surface area contributed by atoms with Crippen molar-refractivity contribution in [2.24, 2.45) is 0 Å². The zero-order valence-electron chi connectivity index (χ0n) is 16.3. The van der Waals surface area contributed by atoms with Crippen LogP contribution in [-0.2, 0) is 11.3 Å². The molecule has 1 heterocycles. The number of rotatable bonds is 5. The number of halogens is 2. The lowest BCUT2D eigenvalue weighted by Crippen LogP contribution is -2.13. The van der Waals surface area contributed by atoms with Crippen molar-refractivity contribution in [2.75, 3.05) is 5.32 Å². The van der Waals surface area contributed by atoms with Gasteiger partial charge in [0, 0.05) is 34.4 Å². The number of nitriles is 1. The molecule has 0 radical (unpaired) electrons. The third-order valence-electron chi connectivity index (χ3n) is 4.80. The lowest BCUT2D eigenvalue weighted by atomic mass is 10.1. The minimum atomic E-state index is -0.506. The second-order valence-electron chi connectivity index (χ2n) is 7.03. The number of anilines is 1. The van der Waals surface area contributed by atoms with Crippen LogP contribution in [0.4, 0.5) is 10.1 Å². The van der Waals surface area contributed by atoms with E-state index in [4.69, 9.17) is 11.6 Å².